The van der Waals surface area contributed by atoms with E-state index in [1.54, 1.807) is 6.07 Å². The predicted octanol–water partition coefficient (Wildman–Crippen LogP) is 2.22. The van der Waals surface area contributed by atoms with Gasteiger partial charge in [0.25, 0.3) is 0 Å². The molecule has 1 fully saturated rings. The number of aliphatic hydroxyl groups is 1. The summed E-state index contributed by atoms with van der Waals surface area (Å²) >= 11 is 1.94. The minimum Gasteiger partial charge on any atom is -0.397 e. The molecule has 1 unspecified atom stereocenters. The number of hydrogen-bond donors (Lipinski definition) is 2. The molecule has 17 heavy (non-hydrogen) atoms. The van der Waals surface area contributed by atoms with Gasteiger partial charge in [-0.3, -0.25) is 0 Å². The molecule has 1 aromatic rings. The van der Waals surface area contributed by atoms with Crippen LogP contribution in [0.5, 0.6) is 0 Å². The van der Waals surface area contributed by atoms with Crippen molar-refractivity contribution in [2.24, 2.45) is 5.92 Å². The monoisotopic (exact) mass is 350 g/mol. The van der Waals surface area contributed by atoms with Gasteiger partial charge in [0.15, 0.2) is 0 Å². The van der Waals surface area contributed by atoms with Crippen molar-refractivity contribution in [1.29, 1.82) is 0 Å². The van der Waals surface area contributed by atoms with Gasteiger partial charge in [0, 0.05) is 25.8 Å². The zero-order valence-corrected chi connectivity index (χ0v) is 11.7. The molecule has 2 rings (SSSR count). The molecule has 0 amide bonds. The van der Waals surface area contributed by atoms with Crippen LogP contribution in [-0.4, -0.2) is 24.8 Å². The largest absolute Gasteiger partial charge is 0.397 e. The Morgan fingerprint density at radius 3 is 3.00 bits per heavy atom. The van der Waals surface area contributed by atoms with Gasteiger partial charge in [-0.05, 0) is 47.4 Å². The average molecular weight is 350 g/mol. The number of halogens is 2. The van der Waals surface area contributed by atoms with E-state index in [9.17, 15) is 4.39 Å². The second-order valence-corrected chi connectivity index (χ2v) is 5.60. The second kappa shape index (κ2) is 5.39. The van der Waals surface area contributed by atoms with Crippen LogP contribution in [0.25, 0.3) is 0 Å². The van der Waals surface area contributed by atoms with Gasteiger partial charge in [0.2, 0.25) is 0 Å². The van der Waals surface area contributed by atoms with E-state index in [-0.39, 0.29) is 12.4 Å². The van der Waals surface area contributed by atoms with Gasteiger partial charge in [0.05, 0.1) is 14.9 Å². The van der Waals surface area contributed by atoms with Crippen molar-refractivity contribution < 1.29 is 9.50 Å². The van der Waals surface area contributed by atoms with E-state index >= 15 is 0 Å². The molecule has 1 aliphatic rings. The fourth-order valence-electron chi connectivity index (χ4n) is 2.30. The van der Waals surface area contributed by atoms with Gasteiger partial charge in [-0.25, -0.2) is 4.39 Å². The molecule has 0 aromatic heterocycles. The molecule has 1 aromatic carbocycles. The molecule has 0 bridgehead atoms. The summed E-state index contributed by atoms with van der Waals surface area (Å²) in [5.74, 6) is 0.266. The Balaban J connectivity index is 2.16. The second-order valence-electron chi connectivity index (χ2n) is 4.44. The Morgan fingerprint density at radius 1 is 1.53 bits per heavy atom. The van der Waals surface area contributed by atoms with Crippen LogP contribution in [0.1, 0.15) is 12.8 Å². The van der Waals surface area contributed by atoms with Crippen molar-refractivity contribution in [3.63, 3.8) is 0 Å². The van der Waals surface area contributed by atoms with Gasteiger partial charge < -0.3 is 15.7 Å². The van der Waals surface area contributed by atoms with Crippen molar-refractivity contribution >= 4 is 34.0 Å². The number of hydrogen-bond acceptors (Lipinski definition) is 3. The Bertz CT molecular complexity index is 414. The fraction of sp³-hybridized carbons (Fsp3) is 0.500. The maximum absolute atomic E-state index is 13.5. The summed E-state index contributed by atoms with van der Waals surface area (Å²) in [7, 11) is 0. The zero-order chi connectivity index (χ0) is 12.4. The molecule has 0 saturated carbocycles. The van der Waals surface area contributed by atoms with Gasteiger partial charge in [-0.15, -0.1) is 0 Å². The molecular weight excluding hydrogens is 334 g/mol. The third-order valence-electron chi connectivity index (χ3n) is 3.23. The molecule has 3 nitrogen and oxygen atoms in total. The summed E-state index contributed by atoms with van der Waals surface area (Å²) in [5, 5.41) is 8.91. The van der Waals surface area contributed by atoms with Gasteiger partial charge in [0.1, 0.15) is 5.82 Å². The van der Waals surface area contributed by atoms with Crippen molar-refractivity contribution in [2.45, 2.75) is 12.8 Å². The molecule has 1 atom stereocenters. The molecule has 1 saturated heterocycles. The predicted molar refractivity (Wildman–Crippen MR) is 75.6 cm³/mol. The lowest BCUT2D eigenvalue weighted by Gasteiger charge is -2.21. The lowest BCUT2D eigenvalue weighted by Crippen LogP contribution is -2.21. The van der Waals surface area contributed by atoms with Crippen molar-refractivity contribution in [2.75, 3.05) is 30.3 Å². The molecule has 0 radical (unpaired) electrons. The summed E-state index contributed by atoms with van der Waals surface area (Å²) in [6, 6.07) is 3.18. The van der Waals surface area contributed by atoms with E-state index in [0.717, 1.165) is 31.6 Å². The number of nitrogens with zero attached hydrogens (tertiary/aromatic N) is 1. The summed E-state index contributed by atoms with van der Waals surface area (Å²) in [6.45, 7) is 1.95. The maximum Gasteiger partial charge on any atom is 0.138 e. The molecule has 5 heteroatoms. The van der Waals surface area contributed by atoms with Crippen LogP contribution in [0.15, 0.2) is 12.1 Å². The molecule has 0 spiro atoms. The summed E-state index contributed by atoms with van der Waals surface area (Å²) in [4.78, 5) is 2.11. The fourth-order valence-corrected chi connectivity index (χ4v) is 2.79. The van der Waals surface area contributed by atoms with Crippen molar-refractivity contribution in [1.82, 2.24) is 0 Å². The van der Waals surface area contributed by atoms with Crippen LogP contribution >= 0.6 is 22.6 Å². The smallest absolute Gasteiger partial charge is 0.138 e. The van der Waals surface area contributed by atoms with Gasteiger partial charge >= 0.3 is 0 Å². The highest BCUT2D eigenvalue weighted by atomic mass is 127. The quantitative estimate of drug-likeness (QED) is 0.649. The Kier molecular flexibility index (Phi) is 4.09. The highest BCUT2D eigenvalue weighted by molar-refractivity contribution is 14.1. The molecule has 1 heterocycles. The van der Waals surface area contributed by atoms with Crippen LogP contribution in [0.3, 0.4) is 0 Å². The first-order valence-electron chi connectivity index (χ1n) is 5.72. The van der Waals surface area contributed by atoms with E-state index in [0.29, 0.717) is 15.2 Å². The highest BCUT2D eigenvalue weighted by Crippen LogP contribution is 2.32. The van der Waals surface area contributed by atoms with Crippen LogP contribution in [0.4, 0.5) is 15.8 Å². The number of anilines is 2. The minimum absolute atomic E-state index is 0.217. The number of rotatable bonds is 3. The standard InChI is InChI=1S/C12H16FIN2O/c13-9-5-12(11(15)6-10(9)14)16-3-1-8(7-16)2-4-17/h5-6,8,17H,1-4,7,15H2. The molecule has 1 aliphatic heterocycles. The first-order chi connectivity index (χ1) is 8.11. The van der Waals surface area contributed by atoms with Gasteiger partial charge in [-0.2, -0.15) is 0 Å². The number of aliphatic hydroxyl groups excluding tert-OH is 1. The van der Waals surface area contributed by atoms with Crippen LogP contribution in [-0.2, 0) is 0 Å². The molecular formula is C12H16FIN2O. The van der Waals surface area contributed by atoms with E-state index in [4.69, 9.17) is 10.8 Å². The highest BCUT2D eigenvalue weighted by Gasteiger charge is 2.24. The van der Waals surface area contributed by atoms with Crippen LogP contribution in [0.2, 0.25) is 0 Å². The van der Waals surface area contributed by atoms with E-state index in [1.165, 1.54) is 6.07 Å². The van der Waals surface area contributed by atoms with Crippen molar-refractivity contribution in [3.05, 3.63) is 21.5 Å². The Hall–Kier alpha value is -0.560. The zero-order valence-electron chi connectivity index (χ0n) is 9.50. The third kappa shape index (κ3) is 2.82. The summed E-state index contributed by atoms with van der Waals surface area (Å²) < 4.78 is 14.1. The lowest BCUT2D eigenvalue weighted by molar-refractivity contribution is 0.263. The van der Waals surface area contributed by atoms with E-state index in [1.807, 2.05) is 22.6 Å². The first kappa shape index (κ1) is 12.9. The molecule has 94 valence electrons. The van der Waals surface area contributed by atoms with E-state index < -0.39 is 0 Å². The molecule has 0 aliphatic carbocycles. The van der Waals surface area contributed by atoms with E-state index in [2.05, 4.69) is 4.90 Å². The topological polar surface area (TPSA) is 49.5 Å². The van der Waals surface area contributed by atoms with Crippen LogP contribution < -0.4 is 10.6 Å². The Morgan fingerprint density at radius 2 is 2.29 bits per heavy atom. The lowest BCUT2D eigenvalue weighted by atomic mass is 10.1. The number of nitrogen functional groups attached to an aromatic ring is 1. The average Bonchev–Trinajstić information content (AvgIpc) is 2.72. The van der Waals surface area contributed by atoms with Crippen molar-refractivity contribution in [3.8, 4) is 0 Å². The van der Waals surface area contributed by atoms with Crippen LogP contribution in [0, 0.1) is 15.3 Å². The summed E-state index contributed by atoms with van der Waals surface area (Å²) in [5.41, 5.74) is 7.33. The minimum atomic E-state index is -0.222. The third-order valence-corrected chi connectivity index (χ3v) is 4.06. The Labute approximate surface area is 114 Å². The first-order valence-corrected chi connectivity index (χ1v) is 6.80. The maximum atomic E-state index is 13.5. The number of benzene rings is 1. The normalized spacial score (nSPS) is 19.9. The van der Waals surface area contributed by atoms with Gasteiger partial charge in [-0.1, -0.05) is 0 Å². The summed E-state index contributed by atoms with van der Waals surface area (Å²) in [6.07, 6.45) is 1.84. The SMILES string of the molecule is Nc1cc(I)c(F)cc1N1CCC(CCO)C1. The number of nitrogens with two attached hydrogens (primary N) is 1. The molecule has 3 N–H and O–H groups in total.